The van der Waals surface area contributed by atoms with Crippen molar-refractivity contribution in [1.82, 2.24) is 10.7 Å². The molecule has 2 heterocycles. The van der Waals surface area contributed by atoms with Crippen LogP contribution in [-0.4, -0.2) is 46.6 Å². The predicted molar refractivity (Wildman–Crippen MR) is 124 cm³/mol. The van der Waals surface area contributed by atoms with E-state index in [4.69, 9.17) is 10.5 Å². The minimum atomic E-state index is -0.646. The summed E-state index contributed by atoms with van der Waals surface area (Å²) in [5.74, 6) is 0.727. The number of amides is 3. The molecule has 0 aromatic heterocycles. The van der Waals surface area contributed by atoms with E-state index in [1.165, 1.54) is 0 Å². The van der Waals surface area contributed by atoms with Crippen LogP contribution < -0.4 is 16.5 Å². The number of fused-ring (bicyclic) bond motifs is 3. The highest BCUT2D eigenvalue weighted by Gasteiger charge is 2.70. The van der Waals surface area contributed by atoms with Gasteiger partial charge in [0, 0.05) is 34.9 Å². The van der Waals surface area contributed by atoms with Crippen LogP contribution >= 0.6 is 0 Å². The van der Waals surface area contributed by atoms with Crippen molar-refractivity contribution in [2.75, 3.05) is 0 Å². The summed E-state index contributed by atoms with van der Waals surface area (Å²) in [6.07, 6.45) is 4.49. The van der Waals surface area contributed by atoms with Crippen molar-refractivity contribution in [3.8, 4) is 0 Å². The van der Waals surface area contributed by atoms with Crippen LogP contribution in [0, 0.1) is 40.4 Å². The molecule has 2 aliphatic heterocycles. The first-order valence-electron chi connectivity index (χ1n) is 12.7. The van der Waals surface area contributed by atoms with Crippen LogP contribution in [0.2, 0.25) is 0 Å². The van der Waals surface area contributed by atoms with E-state index in [0.717, 1.165) is 37.8 Å². The molecule has 10 unspecified atom stereocenters. The summed E-state index contributed by atoms with van der Waals surface area (Å²) in [5.41, 5.74) is 8.01. The van der Waals surface area contributed by atoms with Crippen molar-refractivity contribution < 1.29 is 19.4 Å². The van der Waals surface area contributed by atoms with E-state index in [1.54, 1.807) is 0 Å². The summed E-state index contributed by atoms with van der Waals surface area (Å²) in [6, 6.07) is -0.594. The number of aliphatic hydroxyl groups is 1. The van der Waals surface area contributed by atoms with E-state index in [0.29, 0.717) is 12.3 Å². The third kappa shape index (κ3) is 3.05. The van der Waals surface area contributed by atoms with Gasteiger partial charge in [-0.05, 0) is 62.7 Å². The van der Waals surface area contributed by atoms with Gasteiger partial charge >= 0.3 is 6.03 Å². The van der Waals surface area contributed by atoms with Crippen LogP contribution in [0.4, 0.5) is 4.79 Å². The maximum Gasteiger partial charge on any atom is 0.332 e. The first kappa shape index (κ1) is 23.1. The Balaban J connectivity index is 1.57. The third-order valence-electron chi connectivity index (χ3n) is 10.7. The van der Waals surface area contributed by atoms with Crippen molar-refractivity contribution in [1.29, 1.82) is 0 Å². The number of carbonyl (C=O) groups is 2. The molecule has 2 saturated heterocycles. The second-order valence-electron chi connectivity index (χ2n) is 12.3. The largest absolute Gasteiger partial charge is 0.393 e. The van der Waals surface area contributed by atoms with Crippen molar-refractivity contribution >= 4 is 17.6 Å². The zero-order valence-corrected chi connectivity index (χ0v) is 20.6. The lowest BCUT2D eigenvalue weighted by Gasteiger charge is -2.70. The van der Waals surface area contributed by atoms with Gasteiger partial charge in [0.25, 0.3) is 0 Å². The highest BCUT2D eigenvalue weighted by molar-refractivity contribution is 5.92. The van der Waals surface area contributed by atoms with Gasteiger partial charge in [-0.2, -0.15) is 5.10 Å². The highest BCUT2D eigenvalue weighted by Crippen LogP contribution is 2.68. The van der Waals surface area contributed by atoms with Gasteiger partial charge in [-0.15, -0.1) is 0 Å². The molecular formula is C25H40N4O4. The number of ether oxygens (including phenoxy) is 1. The molecule has 5 N–H and O–H groups in total. The molecule has 5 rings (SSSR count). The summed E-state index contributed by atoms with van der Waals surface area (Å²) in [5, 5.41) is 18.7. The zero-order valence-electron chi connectivity index (χ0n) is 20.6. The van der Waals surface area contributed by atoms with Crippen LogP contribution in [0.1, 0.15) is 73.1 Å². The van der Waals surface area contributed by atoms with Crippen molar-refractivity contribution in [3.63, 3.8) is 0 Å². The van der Waals surface area contributed by atoms with Gasteiger partial charge in [0.1, 0.15) is 0 Å². The molecule has 3 aliphatic carbocycles. The fraction of sp³-hybridized carbons (Fsp3) is 0.880. The summed E-state index contributed by atoms with van der Waals surface area (Å²) in [6.45, 7) is 11.2. The van der Waals surface area contributed by atoms with Gasteiger partial charge in [-0.1, -0.05) is 27.7 Å². The molecule has 3 saturated carbocycles. The molecule has 10 atom stereocenters. The number of hydrogen-bond acceptors (Lipinski definition) is 5. The second-order valence-corrected chi connectivity index (χ2v) is 12.3. The second kappa shape index (κ2) is 7.41. The van der Waals surface area contributed by atoms with Crippen LogP contribution in [0.15, 0.2) is 5.10 Å². The number of carbonyl (C=O) groups excluding carboxylic acids is 2. The standard InChI is InChI=1S/C25H40N4O4/c1-12-6-7-17-23(3,4)18(28-29-22(26)32)8-9-25(17)24(12,5)11-15-16(30)10-14-19(20(15)33-25)13(2)27-21(14)31/h12-17,19-20,30H,6-11H2,1-5H3,(H,27,31)(H3,26,29,32). The number of urea groups is 1. The number of nitrogens with zero attached hydrogens (tertiary/aromatic N) is 1. The Bertz CT molecular complexity index is 890. The number of primary amides is 1. The van der Waals surface area contributed by atoms with Gasteiger partial charge in [0.05, 0.1) is 17.8 Å². The van der Waals surface area contributed by atoms with E-state index in [9.17, 15) is 14.7 Å². The fourth-order valence-electron chi connectivity index (χ4n) is 8.81. The maximum atomic E-state index is 12.7. The lowest BCUT2D eigenvalue weighted by Crippen LogP contribution is -2.72. The van der Waals surface area contributed by atoms with E-state index in [2.05, 4.69) is 50.5 Å². The topological polar surface area (TPSA) is 126 Å². The van der Waals surface area contributed by atoms with Gasteiger partial charge in [0.15, 0.2) is 0 Å². The lowest BCUT2D eigenvalue weighted by atomic mass is 9.42. The molecule has 33 heavy (non-hydrogen) atoms. The molecule has 8 heteroatoms. The summed E-state index contributed by atoms with van der Waals surface area (Å²) < 4.78 is 7.35. The molecule has 0 aromatic carbocycles. The summed E-state index contributed by atoms with van der Waals surface area (Å²) in [4.78, 5) is 24.0. The first-order chi connectivity index (χ1) is 15.4. The quantitative estimate of drug-likeness (QED) is 0.449. The average molecular weight is 461 g/mol. The van der Waals surface area contributed by atoms with Crippen LogP contribution in [0.3, 0.4) is 0 Å². The van der Waals surface area contributed by atoms with Crippen molar-refractivity contribution in [2.24, 2.45) is 51.3 Å². The minimum Gasteiger partial charge on any atom is -0.393 e. The molecule has 5 fully saturated rings. The molecular weight excluding hydrogens is 420 g/mol. The minimum absolute atomic E-state index is 0.0490. The Hall–Kier alpha value is -1.67. The Labute approximate surface area is 196 Å². The van der Waals surface area contributed by atoms with Crippen LogP contribution in [0.5, 0.6) is 0 Å². The van der Waals surface area contributed by atoms with Crippen LogP contribution in [0.25, 0.3) is 0 Å². The van der Waals surface area contributed by atoms with E-state index < -0.39 is 12.1 Å². The van der Waals surface area contributed by atoms with Gasteiger partial charge in [-0.25, -0.2) is 10.2 Å². The molecule has 5 aliphatic rings. The molecule has 0 aromatic rings. The number of rotatable bonds is 1. The Morgan fingerprint density at radius 3 is 2.70 bits per heavy atom. The first-order valence-corrected chi connectivity index (χ1v) is 12.7. The predicted octanol–water partition coefficient (Wildman–Crippen LogP) is 2.54. The van der Waals surface area contributed by atoms with Gasteiger partial charge in [-0.3, -0.25) is 4.79 Å². The highest BCUT2D eigenvalue weighted by atomic mass is 16.5. The normalized spacial score (nSPS) is 51.6. The molecule has 1 spiro atoms. The van der Waals surface area contributed by atoms with E-state index >= 15 is 0 Å². The Kier molecular flexibility index (Phi) is 5.19. The molecule has 8 nitrogen and oxygen atoms in total. The summed E-state index contributed by atoms with van der Waals surface area (Å²) >= 11 is 0. The Morgan fingerprint density at radius 1 is 1.27 bits per heavy atom. The maximum absolute atomic E-state index is 12.7. The van der Waals surface area contributed by atoms with Crippen molar-refractivity contribution in [2.45, 2.75) is 97.0 Å². The number of nitrogens with one attached hydrogen (secondary N) is 2. The molecule has 0 radical (unpaired) electrons. The van der Waals surface area contributed by atoms with E-state index in [1.807, 2.05) is 0 Å². The smallest absolute Gasteiger partial charge is 0.332 e. The lowest BCUT2D eigenvalue weighted by molar-refractivity contribution is -0.320. The number of nitrogens with two attached hydrogens (primary N) is 1. The zero-order chi connectivity index (χ0) is 23.9. The van der Waals surface area contributed by atoms with Gasteiger partial charge in [0.2, 0.25) is 5.91 Å². The molecule has 0 bridgehead atoms. The van der Waals surface area contributed by atoms with Crippen molar-refractivity contribution in [3.05, 3.63) is 0 Å². The SMILES string of the molecule is CC1NC(=O)C2CC(O)C3CC4(C)C(C)CCC5C(C)(C)C(=NNC(N)=O)CCC54OC3C12. The Morgan fingerprint density at radius 2 is 2.00 bits per heavy atom. The molecule has 184 valence electrons. The van der Waals surface area contributed by atoms with E-state index in [-0.39, 0.29) is 58.2 Å². The number of aliphatic hydroxyl groups excluding tert-OH is 1. The monoisotopic (exact) mass is 460 g/mol. The number of hydrazone groups is 1. The third-order valence-corrected chi connectivity index (χ3v) is 10.7. The fourth-order valence-corrected chi connectivity index (χ4v) is 8.81. The average Bonchev–Trinajstić information content (AvgIpc) is 3.00. The number of hydrogen-bond donors (Lipinski definition) is 4. The van der Waals surface area contributed by atoms with Gasteiger partial charge < -0.3 is 20.9 Å². The van der Waals surface area contributed by atoms with Crippen LogP contribution in [-0.2, 0) is 9.53 Å². The summed E-state index contributed by atoms with van der Waals surface area (Å²) in [7, 11) is 0. The molecule has 3 amide bonds.